The van der Waals surface area contributed by atoms with E-state index >= 15 is 0 Å². The molecular formula is C17H16ClN3O2. The average molecular weight is 330 g/mol. The van der Waals surface area contributed by atoms with Crippen molar-refractivity contribution < 1.29 is 9.53 Å². The van der Waals surface area contributed by atoms with Crippen molar-refractivity contribution in [2.24, 2.45) is 0 Å². The van der Waals surface area contributed by atoms with Crippen LogP contribution in [0, 0.1) is 11.3 Å². The zero-order chi connectivity index (χ0) is 16.5. The average Bonchev–Trinajstić information content (AvgIpc) is 2.58. The van der Waals surface area contributed by atoms with Crippen LogP contribution in [0.1, 0.15) is 24.4 Å². The van der Waals surface area contributed by atoms with Gasteiger partial charge in [-0.25, -0.2) is 0 Å². The predicted octanol–water partition coefficient (Wildman–Crippen LogP) is 3.28. The highest BCUT2D eigenvalue weighted by Gasteiger charge is 2.16. The van der Waals surface area contributed by atoms with E-state index in [-0.39, 0.29) is 12.3 Å². The fourth-order valence-electron chi connectivity index (χ4n) is 1.98. The molecule has 0 bridgehead atoms. The van der Waals surface area contributed by atoms with Crippen molar-refractivity contribution in [3.8, 4) is 11.8 Å². The van der Waals surface area contributed by atoms with E-state index in [0.717, 1.165) is 0 Å². The molecule has 0 fully saturated rings. The number of nitriles is 1. The Labute approximate surface area is 139 Å². The van der Waals surface area contributed by atoms with Crippen LogP contribution < -0.4 is 10.1 Å². The number of aromatic nitrogens is 1. The maximum absolute atomic E-state index is 11.9. The van der Waals surface area contributed by atoms with E-state index in [1.165, 1.54) is 0 Å². The van der Waals surface area contributed by atoms with Gasteiger partial charge in [0.2, 0.25) is 5.91 Å². The summed E-state index contributed by atoms with van der Waals surface area (Å²) >= 11 is 6.05. The summed E-state index contributed by atoms with van der Waals surface area (Å²) in [6.07, 6.45) is 4.09. The number of amides is 1. The molecule has 0 aliphatic carbocycles. The second kappa shape index (κ2) is 8.76. The molecule has 1 aromatic carbocycles. The first-order valence-corrected chi connectivity index (χ1v) is 7.54. The molecule has 0 saturated carbocycles. The predicted molar refractivity (Wildman–Crippen MR) is 86.9 cm³/mol. The third-order valence-electron chi connectivity index (χ3n) is 3.10. The van der Waals surface area contributed by atoms with Gasteiger partial charge in [0.25, 0.3) is 0 Å². The summed E-state index contributed by atoms with van der Waals surface area (Å²) in [7, 11) is 0. The summed E-state index contributed by atoms with van der Waals surface area (Å²) in [5, 5.41) is 12.3. The Morgan fingerprint density at radius 2 is 2.17 bits per heavy atom. The van der Waals surface area contributed by atoms with Crippen LogP contribution in [0.4, 0.5) is 0 Å². The molecule has 118 valence electrons. The molecule has 1 N–H and O–H groups in total. The third kappa shape index (κ3) is 5.28. The van der Waals surface area contributed by atoms with Crippen molar-refractivity contribution in [1.29, 1.82) is 5.26 Å². The summed E-state index contributed by atoms with van der Waals surface area (Å²) in [5.41, 5.74) is 0.594. The van der Waals surface area contributed by atoms with E-state index < -0.39 is 6.04 Å². The van der Waals surface area contributed by atoms with Crippen LogP contribution in [0.3, 0.4) is 0 Å². The summed E-state index contributed by atoms with van der Waals surface area (Å²) < 4.78 is 5.46. The Bertz CT molecular complexity index is 686. The van der Waals surface area contributed by atoms with Crippen molar-refractivity contribution >= 4 is 17.5 Å². The number of carbonyl (C=O) groups excluding carboxylic acids is 1. The number of benzene rings is 1. The van der Waals surface area contributed by atoms with Gasteiger partial charge in [0, 0.05) is 23.2 Å². The number of carbonyl (C=O) groups is 1. The van der Waals surface area contributed by atoms with Crippen molar-refractivity contribution in [1.82, 2.24) is 10.3 Å². The summed E-state index contributed by atoms with van der Waals surface area (Å²) in [6.45, 7) is 0.405. The molecular weight excluding hydrogens is 314 g/mol. The maximum atomic E-state index is 11.9. The van der Waals surface area contributed by atoms with Crippen molar-refractivity contribution in [2.45, 2.75) is 18.9 Å². The molecule has 1 amide bonds. The van der Waals surface area contributed by atoms with Gasteiger partial charge in [-0.2, -0.15) is 5.26 Å². The Morgan fingerprint density at radius 3 is 2.87 bits per heavy atom. The van der Waals surface area contributed by atoms with Crippen LogP contribution in [0.15, 0.2) is 48.8 Å². The number of halogens is 1. The van der Waals surface area contributed by atoms with E-state index in [2.05, 4.69) is 16.4 Å². The molecule has 1 atom stereocenters. The largest absolute Gasteiger partial charge is 0.492 e. The Morgan fingerprint density at radius 1 is 1.35 bits per heavy atom. The number of rotatable bonds is 7. The van der Waals surface area contributed by atoms with Crippen LogP contribution in [-0.4, -0.2) is 17.5 Å². The molecule has 5 nitrogen and oxygen atoms in total. The van der Waals surface area contributed by atoms with E-state index in [1.54, 1.807) is 48.8 Å². The van der Waals surface area contributed by atoms with Gasteiger partial charge in [-0.15, -0.1) is 0 Å². The number of nitrogens with one attached hydrogen (secondary N) is 1. The molecule has 1 heterocycles. The lowest BCUT2D eigenvalue weighted by Gasteiger charge is -2.13. The quantitative estimate of drug-likeness (QED) is 0.791. The van der Waals surface area contributed by atoms with Crippen LogP contribution in [0.2, 0.25) is 5.02 Å². The maximum Gasteiger partial charge on any atom is 0.221 e. The van der Waals surface area contributed by atoms with Crippen molar-refractivity contribution in [3.05, 3.63) is 59.4 Å². The molecule has 0 spiro atoms. The van der Waals surface area contributed by atoms with Crippen molar-refractivity contribution in [2.75, 3.05) is 6.61 Å². The highest BCUT2D eigenvalue weighted by atomic mass is 35.5. The first-order valence-electron chi connectivity index (χ1n) is 7.17. The van der Waals surface area contributed by atoms with Gasteiger partial charge in [0.15, 0.2) is 0 Å². The number of ether oxygens (including phenoxy) is 1. The van der Waals surface area contributed by atoms with Gasteiger partial charge in [-0.1, -0.05) is 29.8 Å². The van der Waals surface area contributed by atoms with Gasteiger partial charge in [0.05, 0.1) is 18.9 Å². The van der Waals surface area contributed by atoms with E-state index in [1.807, 2.05) is 0 Å². The minimum atomic E-state index is -0.754. The zero-order valence-corrected chi connectivity index (χ0v) is 13.2. The Hall–Kier alpha value is -2.58. The smallest absolute Gasteiger partial charge is 0.221 e. The second-order valence-electron chi connectivity index (χ2n) is 4.79. The molecule has 2 rings (SSSR count). The Balaban J connectivity index is 1.77. The molecule has 0 aliphatic rings. The lowest BCUT2D eigenvalue weighted by molar-refractivity contribution is -0.121. The summed E-state index contributed by atoms with van der Waals surface area (Å²) in [6, 6.07) is 11.8. The highest BCUT2D eigenvalue weighted by molar-refractivity contribution is 6.31. The van der Waals surface area contributed by atoms with Gasteiger partial charge in [-0.3, -0.25) is 9.78 Å². The fraction of sp³-hybridized carbons (Fsp3) is 0.235. The molecule has 6 heteroatoms. The topological polar surface area (TPSA) is 75.0 Å². The number of nitrogens with zero attached hydrogens (tertiary/aromatic N) is 2. The first kappa shape index (κ1) is 16.8. The molecule has 0 saturated heterocycles. The number of hydrogen-bond acceptors (Lipinski definition) is 4. The van der Waals surface area contributed by atoms with Crippen molar-refractivity contribution in [3.63, 3.8) is 0 Å². The standard InChI is InChI=1S/C17H16ClN3O2/c18-15-7-2-1-6-14(15)16(11-19)21-17(22)8-4-10-23-13-5-3-9-20-12-13/h1-3,5-7,9,12,16H,4,8,10H2,(H,21,22)/t16-/m0/s1. The van der Waals surface area contributed by atoms with E-state index in [9.17, 15) is 10.1 Å². The lowest BCUT2D eigenvalue weighted by Crippen LogP contribution is -2.27. The highest BCUT2D eigenvalue weighted by Crippen LogP contribution is 2.22. The van der Waals surface area contributed by atoms with E-state index in [0.29, 0.717) is 29.4 Å². The minimum absolute atomic E-state index is 0.216. The lowest BCUT2D eigenvalue weighted by atomic mass is 10.1. The van der Waals surface area contributed by atoms with Gasteiger partial charge >= 0.3 is 0 Å². The van der Waals surface area contributed by atoms with Crippen LogP contribution >= 0.6 is 11.6 Å². The van der Waals surface area contributed by atoms with Crippen LogP contribution in [0.25, 0.3) is 0 Å². The second-order valence-corrected chi connectivity index (χ2v) is 5.20. The van der Waals surface area contributed by atoms with Crippen LogP contribution in [-0.2, 0) is 4.79 Å². The fourth-order valence-corrected chi connectivity index (χ4v) is 2.22. The van der Waals surface area contributed by atoms with Gasteiger partial charge in [-0.05, 0) is 24.6 Å². The number of hydrogen-bond donors (Lipinski definition) is 1. The van der Waals surface area contributed by atoms with Gasteiger partial charge in [0.1, 0.15) is 11.8 Å². The summed E-state index contributed by atoms with van der Waals surface area (Å²) in [4.78, 5) is 15.9. The zero-order valence-electron chi connectivity index (χ0n) is 12.4. The normalized spacial score (nSPS) is 11.3. The first-order chi connectivity index (χ1) is 11.2. The van der Waals surface area contributed by atoms with Gasteiger partial charge < -0.3 is 10.1 Å². The minimum Gasteiger partial charge on any atom is -0.492 e. The monoisotopic (exact) mass is 329 g/mol. The molecule has 23 heavy (non-hydrogen) atoms. The third-order valence-corrected chi connectivity index (χ3v) is 3.45. The molecule has 0 aliphatic heterocycles. The van der Waals surface area contributed by atoms with Crippen LogP contribution in [0.5, 0.6) is 5.75 Å². The number of pyridine rings is 1. The molecule has 0 unspecified atom stereocenters. The van der Waals surface area contributed by atoms with E-state index in [4.69, 9.17) is 16.3 Å². The Kier molecular flexibility index (Phi) is 6.40. The SMILES string of the molecule is N#C[C@H](NC(=O)CCCOc1cccnc1)c1ccccc1Cl. The summed E-state index contributed by atoms with van der Waals surface area (Å²) in [5.74, 6) is 0.449. The molecule has 1 aromatic heterocycles. The molecule has 0 radical (unpaired) electrons. The molecule has 2 aromatic rings.